The number of H-pyrrole nitrogens is 1. The van der Waals surface area contributed by atoms with Gasteiger partial charge in [0.15, 0.2) is 0 Å². The fraction of sp³-hybridized carbons (Fsp3) is 0.0952. The first kappa shape index (κ1) is 14.3. The van der Waals surface area contributed by atoms with Crippen molar-refractivity contribution in [3.8, 4) is 11.1 Å². The predicted molar refractivity (Wildman–Crippen MR) is 99.4 cm³/mol. The second-order valence-corrected chi connectivity index (χ2v) is 6.35. The smallest absolute Gasteiger partial charge is 0.138 e. The van der Waals surface area contributed by atoms with Gasteiger partial charge in [0.2, 0.25) is 0 Å². The second-order valence-electron chi connectivity index (χ2n) is 6.35. The summed E-state index contributed by atoms with van der Waals surface area (Å²) in [5, 5.41) is 14.2. The van der Waals surface area contributed by atoms with Gasteiger partial charge in [-0.15, -0.1) is 0 Å². The molecule has 0 amide bonds. The molecule has 0 bridgehead atoms. The number of anilines is 1. The van der Waals surface area contributed by atoms with Gasteiger partial charge >= 0.3 is 0 Å². The quantitative estimate of drug-likeness (QED) is 0.516. The number of nitrogens with one attached hydrogen (secondary N) is 2. The number of aromatic amines is 1. The van der Waals surface area contributed by atoms with E-state index < -0.39 is 0 Å². The molecule has 0 spiro atoms. The first-order chi connectivity index (χ1) is 12.3. The molecule has 2 aromatic heterocycles. The average Bonchev–Trinajstić information content (AvgIpc) is 3.04. The number of aliphatic hydroxyl groups excluding tert-OH is 1. The zero-order valence-electron chi connectivity index (χ0n) is 13.5. The molecule has 3 N–H and O–H groups in total. The monoisotopic (exact) mass is 327 g/mol. The molecule has 4 heteroatoms. The van der Waals surface area contributed by atoms with Gasteiger partial charge in [-0.1, -0.05) is 42.5 Å². The predicted octanol–water partition coefficient (Wildman–Crippen LogP) is 4.24. The third kappa shape index (κ3) is 2.15. The SMILES string of the molecule is OCc1ccc([C@@H]2Nc3ccccc3-c3ccnc4[nH]cc2c34)cc1. The molecule has 25 heavy (non-hydrogen) atoms. The lowest BCUT2D eigenvalue weighted by Crippen LogP contribution is -2.11. The number of fused-ring (bicyclic) bond motifs is 2. The summed E-state index contributed by atoms with van der Waals surface area (Å²) in [4.78, 5) is 7.81. The van der Waals surface area contributed by atoms with Crippen molar-refractivity contribution in [2.24, 2.45) is 0 Å². The Morgan fingerprint density at radius 3 is 2.64 bits per heavy atom. The lowest BCUT2D eigenvalue weighted by molar-refractivity contribution is 0.282. The van der Waals surface area contributed by atoms with Crippen molar-refractivity contribution >= 4 is 16.7 Å². The highest BCUT2D eigenvalue weighted by Gasteiger charge is 2.25. The number of benzene rings is 2. The Hall–Kier alpha value is -3.11. The molecule has 1 atom stereocenters. The normalized spacial score (nSPS) is 15.5. The molecule has 1 aliphatic rings. The van der Waals surface area contributed by atoms with Gasteiger partial charge in [0.25, 0.3) is 0 Å². The minimum absolute atomic E-state index is 0.0214. The van der Waals surface area contributed by atoms with Gasteiger partial charge in [0.05, 0.1) is 12.6 Å². The minimum Gasteiger partial charge on any atom is -0.392 e. The van der Waals surface area contributed by atoms with E-state index in [1.807, 2.05) is 24.5 Å². The molecule has 0 radical (unpaired) electrons. The summed E-state index contributed by atoms with van der Waals surface area (Å²) in [6.07, 6.45) is 3.90. The average molecular weight is 327 g/mol. The van der Waals surface area contributed by atoms with Crippen molar-refractivity contribution in [1.29, 1.82) is 0 Å². The summed E-state index contributed by atoms with van der Waals surface area (Å²) < 4.78 is 0. The van der Waals surface area contributed by atoms with Crippen molar-refractivity contribution in [1.82, 2.24) is 9.97 Å². The van der Waals surface area contributed by atoms with Crippen LogP contribution in [0.3, 0.4) is 0 Å². The van der Waals surface area contributed by atoms with Gasteiger partial charge in [-0.3, -0.25) is 0 Å². The van der Waals surface area contributed by atoms with E-state index in [1.54, 1.807) is 0 Å². The molecule has 122 valence electrons. The Balaban J connectivity index is 1.78. The van der Waals surface area contributed by atoms with Crippen LogP contribution >= 0.6 is 0 Å². The highest BCUT2D eigenvalue weighted by atomic mass is 16.3. The van der Waals surface area contributed by atoms with Gasteiger partial charge < -0.3 is 15.4 Å². The largest absolute Gasteiger partial charge is 0.392 e. The minimum atomic E-state index is 0.0214. The number of para-hydroxylation sites is 1. The van der Waals surface area contributed by atoms with Crippen LogP contribution in [0, 0.1) is 0 Å². The van der Waals surface area contributed by atoms with Crippen LogP contribution in [-0.2, 0) is 6.61 Å². The standard InChI is InChI=1S/C21H17N3O/c25-12-13-5-7-14(8-6-13)20-17-11-23-21-19(17)16(9-10-22-21)15-3-1-2-4-18(15)24-20/h1-11,20,24-25H,12H2,(H,22,23)/t20-/m0/s1. The summed E-state index contributed by atoms with van der Waals surface area (Å²) >= 11 is 0. The van der Waals surface area contributed by atoms with E-state index in [0.29, 0.717) is 0 Å². The molecule has 0 fully saturated rings. The molecular weight excluding hydrogens is 310 g/mol. The lowest BCUT2D eigenvalue weighted by atomic mass is 9.96. The van der Waals surface area contributed by atoms with Crippen molar-refractivity contribution in [2.45, 2.75) is 12.6 Å². The molecular formula is C21H17N3O. The number of pyridine rings is 1. The van der Waals surface area contributed by atoms with E-state index in [4.69, 9.17) is 0 Å². The van der Waals surface area contributed by atoms with Crippen molar-refractivity contribution < 1.29 is 5.11 Å². The van der Waals surface area contributed by atoms with Gasteiger partial charge in [-0.25, -0.2) is 4.98 Å². The second kappa shape index (κ2) is 5.46. The van der Waals surface area contributed by atoms with Crippen LogP contribution in [0.15, 0.2) is 67.0 Å². The van der Waals surface area contributed by atoms with E-state index >= 15 is 0 Å². The van der Waals surface area contributed by atoms with Gasteiger partial charge in [-0.2, -0.15) is 0 Å². The van der Waals surface area contributed by atoms with Crippen LogP contribution < -0.4 is 5.32 Å². The third-order valence-electron chi connectivity index (χ3n) is 4.93. The molecule has 3 heterocycles. The highest BCUT2D eigenvalue weighted by Crippen LogP contribution is 2.43. The molecule has 0 unspecified atom stereocenters. The molecule has 4 aromatic rings. The Kier molecular flexibility index (Phi) is 3.11. The van der Waals surface area contributed by atoms with E-state index in [9.17, 15) is 5.11 Å². The molecule has 2 aromatic carbocycles. The first-order valence-electron chi connectivity index (χ1n) is 8.37. The van der Waals surface area contributed by atoms with Crippen LogP contribution in [0.1, 0.15) is 22.7 Å². The number of aliphatic hydroxyl groups is 1. The van der Waals surface area contributed by atoms with Crippen LogP contribution in [0.4, 0.5) is 5.69 Å². The van der Waals surface area contributed by atoms with E-state index in [2.05, 4.69) is 57.7 Å². The Morgan fingerprint density at radius 1 is 0.960 bits per heavy atom. The van der Waals surface area contributed by atoms with Gasteiger partial charge in [0.1, 0.15) is 5.65 Å². The van der Waals surface area contributed by atoms with Crippen LogP contribution in [0.25, 0.3) is 22.2 Å². The zero-order chi connectivity index (χ0) is 16.8. The van der Waals surface area contributed by atoms with E-state index in [-0.39, 0.29) is 12.6 Å². The Bertz CT molecular complexity index is 1070. The number of rotatable bonds is 2. The zero-order valence-corrected chi connectivity index (χ0v) is 13.5. The third-order valence-corrected chi connectivity index (χ3v) is 4.93. The maximum atomic E-state index is 9.31. The molecule has 0 aliphatic carbocycles. The van der Waals surface area contributed by atoms with E-state index in [0.717, 1.165) is 27.8 Å². The van der Waals surface area contributed by atoms with Crippen LogP contribution in [0.5, 0.6) is 0 Å². The summed E-state index contributed by atoms with van der Waals surface area (Å²) in [7, 11) is 0. The maximum Gasteiger partial charge on any atom is 0.138 e. The summed E-state index contributed by atoms with van der Waals surface area (Å²) in [6.45, 7) is 0.0579. The fourth-order valence-electron chi connectivity index (χ4n) is 3.69. The number of aromatic nitrogens is 2. The number of hydrogen-bond acceptors (Lipinski definition) is 3. The molecule has 4 nitrogen and oxygen atoms in total. The Morgan fingerprint density at radius 2 is 1.80 bits per heavy atom. The number of nitrogens with zero attached hydrogens (tertiary/aromatic N) is 1. The summed E-state index contributed by atoms with van der Waals surface area (Å²) in [5.41, 5.74) is 7.66. The summed E-state index contributed by atoms with van der Waals surface area (Å²) in [6, 6.07) is 18.6. The van der Waals surface area contributed by atoms with Crippen molar-refractivity contribution in [2.75, 3.05) is 5.32 Å². The Labute approximate surface area is 145 Å². The molecule has 1 aliphatic heterocycles. The van der Waals surface area contributed by atoms with Crippen molar-refractivity contribution in [3.63, 3.8) is 0 Å². The molecule has 0 saturated carbocycles. The van der Waals surface area contributed by atoms with Crippen LogP contribution in [-0.4, -0.2) is 15.1 Å². The van der Waals surface area contributed by atoms with Crippen molar-refractivity contribution in [3.05, 3.63) is 83.7 Å². The lowest BCUT2D eigenvalue weighted by Gasteiger charge is -2.19. The molecule has 0 saturated heterocycles. The molecule has 5 rings (SSSR count). The number of hydrogen-bond donors (Lipinski definition) is 3. The van der Waals surface area contributed by atoms with Gasteiger partial charge in [-0.05, 0) is 28.8 Å². The maximum absolute atomic E-state index is 9.31. The topological polar surface area (TPSA) is 60.9 Å². The highest BCUT2D eigenvalue weighted by molar-refractivity contribution is 6.01. The van der Waals surface area contributed by atoms with Gasteiger partial charge in [0, 0.05) is 34.6 Å². The van der Waals surface area contributed by atoms with E-state index in [1.165, 1.54) is 16.7 Å². The van der Waals surface area contributed by atoms with Crippen LogP contribution in [0.2, 0.25) is 0 Å². The fourth-order valence-corrected chi connectivity index (χ4v) is 3.69. The first-order valence-corrected chi connectivity index (χ1v) is 8.37. The summed E-state index contributed by atoms with van der Waals surface area (Å²) in [5.74, 6) is 0.